The molecule has 0 bridgehead atoms. The maximum absolute atomic E-state index is 13.7. The first kappa shape index (κ1) is 23.9. The lowest BCUT2D eigenvalue weighted by Crippen LogP contribution is -2.18. The van der Waals surface area contributed by atoms with Gasteiger partial charge in [0, 0.05) is 20.8 Å². The van der Waals surface area contributed by atoms with E-state index in [-0.39, 0.29) is 12.0 Å². The van der Waals surface area contributed by atoms with Crippen LogP contribution < -0.4 is 5.32 Å². The minimum absolute atomic E-state index is 0.260. The summed E-state index contributed by atoms with van der Waals surface area (Å²) in [4.78, 5) is 32.3. The van der Waals surface area contributed by atoms with Gasteiger partial charge in [-0.05, 0) is 63.9 Å². The molecular formula is C27H25ClN2O3S. The number of hydrogen-bond donors (Lipinski definition) is 1. The molecule has 0 aliphatic carbocycles. The van der Waals surface area contributed by atoms with Crippen LogP contribution in [0, 0.1) is 20.8 Å². The van der Waals surface area contributed by atoms with E-state index in [0.29, 0.717) is 32.4 Å². The van der Waals surface area contributed by atoms with Gasteiger partial charge in [0.2, 0.25) is 0 Å². The molecule has 7 heteroatoms. The number of benzene rings is 2. The molecule has 2 aromatic heterocycles. The number of esters is 1. The molecule has 1 amide bonds. The van der Waals surface area contributed by atoms with Crippen molar-refractivity contribution in [2.45, 2.75) is 40.7 Å². The topological polar surface area (TPSA) is 68.3 Å². The lowest BCUT2D eigenvalue weighted by molar-refractivity contribution is 0.0379. The quantitative estimate of drug-likeness (QED) is 0.295. The van der Waals surface area contributed by atoms with Crippen LogP contribution in [0.2, 0.25) is 5.02 Å². The SMILES string of the molecule is Cc1sc(NC(=O)c2c(C)c(-c3ccc(Cl)cc3)nc3ccccc23)c(C(=O)OC(C)C)c1C. The molecule has 174 valence electrons. The maximum atomic E-state index is 13.7. The molecule has 0 saturated heterocycles. The number of nitrogens with zero attached hydrogens (tertiary/aromatic N) is 1. The van der Waals surface area contributed by atoms with Crippen molar-refractivity contribution in [3.63, 3.8) is 0 Å². The number of hydrogen-bond acceptors (Lipinski definition) is 5. The van der Waals surface area contributed by atoms with Gasteiger partial charge in [0.15, 0.2) is 0 Å². The standard InChI is InChI=1S/C27H25ClN2O3S/c1-14(2)33-27(32)23-15(3)17(5)34-26(23)30-25(31)22-16(4)24(18-10-12-19(28)13-11-18)29-21-9-7-6-8-20(21)22/h6-14H,1-5H3,(H,30,31). The number of pyridine rings is 1. The van der Waals surface area contributed by atoms with Gasteiger partial charge in [0.1, 0.15) is 5.00 Å². The van der Waals surface area contributed by atoms with Crippen LogP contribution in [-0.4, -0.2) is 23.0 Å². The van der Waals surface area contributed by atoms with E-state index in [1.165, 1.54) is 11.3 Å². The van der Waals surface area contributed by atoms with Gasteiger partial charge >= 0.3 is 5.97 Å². The molecule has 5 nitrogen and oxygen atoms in total. The molecule has 2 aromatic carbocycles. The van der Waals surface area contributed by atoms with E-state index in [1.54, 1.807) is 26.0 Å². The predicted octanol–water partition coefficient (Wildman–Crippen LogP) is 7.36. The first-order valence-corrected chi connectivity index (χ1v) is 12.1. The first-order valence-electron chi connectivity index (χ1n) is 10.9. The largest absolute Gasteiger partial charge is 0.459 e. The number of aryl methyl sites for hydroxylation is 1. The highest BCUT2D eigenvalue weighted by Crippen LogP contribution is 2.35. The van der Waals surface area contributed by atoms with Crippen molar-refractivity contribution in [1.29, 1.82) is 0 Å². The number of rotatable bonds is 5. The average Bonchev–Trinajstić information content (AvgIpc) is 3.06. The van der Waals surface area contributed by atoms with Crippen molar-refractivity contribution < 1.29 is 14.3 Å². The second kappa shape index (κ2) is 9.57. The Morgan fingerprint density at radius 2 is 1.65 bits per heavy atom. The molecule has 4 rings (SSSR count). The maximum Gasteiger partial charge on any atom is 0.341 e. The van der Waals surface area contributed by atoms with Crippen LogP contribution in [0.15, 0.2) is 48.5 Å². The second-order valence-electron chi connectivity index (χ2n) is 8.38. The summed E-state index contributed by atoms with van der Waals surface area (Å²) in [7, 11) is 0. The van der Waals surface area contributed by atoms with Crippen molar-refractivity contribution in [2.24, 2.45) is 0 Å². The molecule has 0 saturated carbocycles. The number of carbonyl (C=O) groups excluding carboxylic acids is 2. The van der Waals surface area contributed by atoms with Gasteiger partial charge in [-0.2, -0.15) is 0 Å². The van der Waals surface area contributed by atoms with Gasteiger partial charge in [-0.3, -0.25) is 4.79 Å². The third-order valence-electron chi connectivity index (χ3n) is 5.64. The zero-order valence-electron chi connectivity index (χ0n) is 19.7. The lowest BCUT2D eigenvalue weighted by Gasteiger charge is -2.15. The number of ether oxygens (including phenoxy) is 1. The molecular weight excluding hydrogens is 468 g/mol. The minimum Gasteiger partial charge on any atom is -0.459 e. The zero-order valence-corrected chi connectivity index (χ0v) is 21.2. The van der Waals surface area contributed by atoms with Crippen LogP contribution in [0.3, 0.4) is 0 Å². The fourth-order valence-electron chi connectivity index (χ4n) is 3.89. The van der Waals surface area contributed by atoms with Crippen molar-refractivity contribution in [1.82, 2.24) is 4.98 Å². The fourth-order valence-corrected chi connectivity index (χ4v) is 5.06. The summed E-state index contributed by atoms with van der Waals surface area (Å²) >= 11 is 7.44. The summed E-state index contributed by atoms with van der Waals surface area (Å²) < 4.78 is 5.43. The normalized spacial score (nSPS) is 11.1. The molecule has 0 radical (unpaired) electrons. The number of fused-ring (bicyclic) bond motifs is 1. The van der Waals surface area contributed by atoms with Gasteiger partial charge in [-0.1, -0.05) is 41.9 Å². The Labute approximate surface area is 207 Å². The molecule has 34 heavy (non-hydrogen) atoms. The van der Waals surface area contributed by atoms with Crippen LogP contribution in [0.5, 0.6) is 0 Å². The summed E-state index contributed by atoms with van der Waals surface area (Å²) in [6, 6.07) is 14.9. The highest BCUT2D eigenvalue weighted by atomic mass is 35.5. The molecule has 0 unspecified atom stereocenters. The summed E-state index contributed by atoms with van der Waals surface area (Å²) in [5.41, 5.74) is 4.75. The van der Waals surface area contributed by atoms with E-state index in [1.807, 2.05) is 57.2 Å². The highest BCUT2D eigenvalue weighted by molar-refractivity contribution is 7.16. The predicted molar refractivity (Wildman–Crippen MR) is 139 cm³/mol. The van der Waals surface area contributed by atoms with Crippen molar-refractivity contribution in [3.05, 3.63) is 80.7 Å². The van der Waals surface area contributed by atoms with Gasteiger partial charge in [-0.15, -0.1) is 11.3 Å². The van der Waals surface area contributed by atoms with Crippen LogP contribution in [-0.2, 0) is 4.74 Å². The van der Waals surface area contributed by atoms with E-state index in [0.717, 1.165) is 27.0 Å². The minimum atomic E-state index is -0.440. The first-order chi connectivity index (χ1) is 16.2. The number of aromatic nitrogens is 1. The lowest BCUT2D eigenvalue weighted by atomic mass is 9.97. The number of nitrogens with one attached hydrogen (secondary N) is 1. The molecule has 0 spiro atoms. The molecule has 1 N–H and O–H groups in total. The third kappa shape index (κ3) is 4.56. The van der Waals surface area contributed by atoms with Crippen LogP contribution in [0.1, 0.15) is 50.6 Å². The second-order valence-corrected chi connectivity index (χ2v) is 10.0. The van der Waals surface area contributed by atoms with Crippen molar-refractivity contribution in [2.75, 3.05) is 5.32 Å². The number of halogens is 1. The van der Waals surface area contributed by atoms with E-state index in [2.05, 4.69) is 5.32 Å². The monoisotopic (exact) mass is 492 g/mol. The smallest absolute Gasteiger partial charge is 0.341 e. The van der Waals surface area contributed by atoms with Crippen LogP contribution >= 0.6 is 22.9 Å². The number of anilines is 1. The molecule has 0 fully saturated rings. The van der Waals surface area contributed by atoms with E-state index < -0.39 is 5.97 Å². The zero-order chi connectivity index (χ0) is 24.6. The van der Waals surface area contributed by atoms with Crippen molar-refractivity contribution >= 4 is 50.7 Å². The fraction of sp³-hybridized carbons (Fsp3) is 0.222. The van der Waals surface area contributed by atoms with Gasteiger partial charge in [0.25, 0.3) is 5.91 Å². The van der Waals surface area contributed by atoms with Gasteiger partial charge < -0.3 is 10.1 Å². The van der Waals surface area contributed by atoms with Crippen LogP contribution in [0.25, 0.3) is 22.2 Å². The number of carbonyl (C=O) groups is 2. The average molecular weight is 493 g/mol. The summed E-state index contributed by atoms with van der Waals surface area (Å²) in [5, 5.41) is 4.85. The Morgan fingerprint density at radius 3 is 2.32 bits per heavy atom. The number of amides is 1. The number of para-hydroxylation sites is 1. The molecule has 0 aliphatic heterocycles. The van der Waals surface area contributed by atoms with Gasteiger partial charge in [0.05, 0.1) is 28.4 Å². The Balaban J connectivity index is 1.83. The number of thiophene rings is 1. The van der Waals surface area contributed by atoms with E-state index in [9.17, 15) is 9.59 Å². The van der Waals surface area contributed by atoms with Crippen molar-refractivity contribution in [3.8, 4) is 11.3 Å². The van der Waals surface area contributed by atoms with Crippen LogP contribution in [0.4, 0.5) is 5.00 Å². The summed E-state index contributed by atoms with van der Waals surface area (Å²) in [6.07, 6.45) is -0.260. The Bertz CT molecular complexity index is 1410. The molecule has 2 heterocycles. The Kier molecular flexibility index (Phi) is 6.73. The third-order valence-corrected chi connectivity index (χ3v) is 7.01. The Hall–Kier alpha value is -3.22. The summed E-state index contributed by atoms with van der Waals surface area (Å²) in [5.74, 6) is -0.739. The molecule has 0 aliphatic rings. The van der Waals surface area contributed by atoms with E-state index in [4.69, 9.17) is 21.3 Å². The Morgan fingerprint density at radius 1 is 0.971 bits per heavy atom. The van der Waals surface area contributed by atoms with Gasteiger partial charge in [-0.25, -0.2) is 9.78 Å². The highest BCUT2D eigenvalue weighted by Gasteiger charge is 2.25. The van der Waals surface area contributed by atoms with E-state index >= 15 is 0 Å². The summed E-state index contributed by atoms with van der Waals surface area (Å²) in [6.45, 7) is 9.28. The molecule has 4 aromatic rings. The molecule has 0 atom stereocenters.